The van der Waals surface area contributed by atoms with Crippen molar-refractivity contribution in [1.82, 2.24) is 0 Å². The summed E-state index contributed by atoms with van der Waals surface area (Å²) >= 11 is 3.33. The van der Waals surface area contributed by atoms with E-state index < -0.39 is 12.1 Å². The molecule has 0 amide bonds. The van der Waals surface area contributed by atoms with E-state index in [2.05, 4.69) is 15.9 Å². The Balaban J connectivity index is 2.02. The van der Waals surface area contributed by atoms with Crippen LogP contribution in [-0.4, -0.2) is 12.1 Å². The van der Waals surface area contributed by atoms with E-state index >= 15 is 0 Å². The van der Waals surface area contributed by atoms with Crippen molar-refractivity contribution in [3.05, 3.63) is 58.1 Å². The van der Waals surface area contributed by atoms with Gasteiger partial charge in [0.25, 0.3) is 0 Å². The monoisotopic (exact) mass is 348 g/mol. The van der Waals surface area contributed by atoms with Crippen molar-refractivity contribution in [3.8, 4) is 11.5 Å². The summed E-state index contributed by atoms with van der Waals surface area (Å²) in [5, 5.41) is 0. The molecule has 3 nitrogen and oxygen atoms in total. The Kier molecular flexibility index (Phi) is 5.02. The van der Waals surface area contributed by atoms with Gasteiger partial charge in [-0.1, -0.05) is 28.1 Å². The standard InChI is InChI=1S/C17H17BrO3/c1-11-5-4-6-16(12(11)2)20-13(3)17(19)21-15-9-7-14(18)8-10-15/h4-10,13H,1-3H3/t13-/m0/s1. The molecule has 1 atom stereocenters. The molecule has 0 radical (unpaired) electrons. The van der Waals surface area contributed by atoms with Gasteiger partial charge in [-0.15, -0.1) is 0 Å². The van der Waals surface area contributed by atoms with E-state index in [9.17, 15) is 4.79 Å². The minimum atomic E-state index is -0.672. The van der Waals surface area contributed by atoms with Crippen LogP contribution in [-0.2, 0) is 4.79 Å². The molecule has 21 heavy (non-hydrogen) atoms. The summed E-state index contributed by atoms with van der Waals surface area (Å²) in [7, 11) is 0. The van der Waals surface area contributed by atoms with Crippen LogP contribution in [0, 0.1) is 13.8 Å². The molecule has 0 N–H and O–H groups in total. The molecule has 0 bridgehead atoms. The van der Waals surface area contributed by atoms with Crippen molar-refractivity contribution >= 4 is 21.9 Å². The van der Waals surface area contributed by atoms with E-state index in [4.69, 9.17) is 9.47 Å². The van der Waals surface area contributed by atoms with Crippen LogP contribution >= 0.6 is 15.9 Å². The third-order valence-electron chi connectivity index (χ3n) is 3.22. The van der Waals surface area contributed by atoms with E-state index in [-0.39, 0.29) is 0 Å². The number of ether oxygens (including phenoxy) is 2. The fraction of sp³-hybridized carbons (Fsp3) is 0.235. The van der Waals surface area contributed by atoms with Crippen molar-refractivity contribution < 1.29 is 14.3 Å². The van der Waals surface area contributed by atoms with Gasteiger partial charge in [0.15, 0.2) is 6.10 Å². The van der Waals surface area contributed by atoms with Crippen LogP contribution in [0.25, 0.3) is 0 Å². The maximum absolute atomic E-state index is 12.0. The lowest BCUT2D eigenvalue weighted by Crippen LogP contribution is -2.28. The summed E-state index contributed by atoms with van der Waals surface area (Å²) in [6, 6.07) is 12.9. The number of benzene rings is 2. The molecule has 0 aliphatic rings. The molecule has 0 fully saturated rings. The summed E-state index contributed by atoms with van der Waals surface area (Å²) in [4.78, 5) is 12.0. The molecule has 4 heteroatoms. The third kappa shape index (κ3) is 4.08. The van der Waals surface area contributed by atoms with Crippen LogP contribution in [0.1, 0.15) is 18.1 Å². The van der Waals surface area contributed by atoms with Crippen molar-refractivity contribution in [3.63, 3.8) is 0 Å². The fourth-order valence-corrected chi connectivity index (χ4v) is 2.06. The van der Waals surface area contributed by atoms with Gasteiger partial charge in [0.2, 0.25) is 0 Å². The van der Waals surface area contributed by atoms with E-state index in [1.807, 2.05) is 44.2 Å². The van der Waals surface area contributed by atoms with Crippen LogP contribution < -0.4 is 9.47 Å². The van der Waals surface area contributed by atoms with Crippen molar-refractivity contribution in [1.29, 1.82) is 0 Å². The third-order valence-corrected chi connectivity index (χ3v) is 3.75. The molecule has 2 aromatic rings. The first-order valence-corrected chi connectivity index (χ1v) is 7.47. The summed E-state index contributed by atoms with van der Waals surface area (Å²) < 4.78 is 11.9. The lowest BCUT2D eigenvalue weighted by molar-refractivity contribution is -0.141. The summed E-state index contributed by atoms with van der Waals surface area (Å²) in [5.41, 5.74) is 2.15. The topological polar surface area (TPSA) is 35.5 Å². The summed E-state index contributed by atoms with van der Waals surface area (Å²) in [6.07, 6.45) is -0.672. The van der Waals surface area contributed by atoms with Gasteiger partial charge in [-0.05, 0) is 62.2 Å². The Morgan fingerprint density at radius 3 is 2.43 bits per heavy atom. The van der Waals surface area contributed by atoms with Crippen molar-refractivity contribution in [2.45, 2.75) is 26.9 Å². The van der Waals surface area contributed by atoms with E-state index in [0.717, 1.165) is 15.6 Å². The van der Waals surface area contributed by atoms with Crippen LogP contribution in [0.5, 0.6) is 11.5 Å². The number of hydrogen-bond donors (Lipinski definition) is 0. The number of rotatable bonds is 4. The van der Waals surface area contributed by atoms with Crippen LogP contribution in [0.15, 0.2) is 46.9 Å². The smallest absolute Gasteiger partial charge is 0.352 e. The molecule has 0 unspecified atom stereocenters. The van der Waals surface area contributed by atoms with Crippen LogP contribution in [0.3, 0.4) is 0 Å². The molecule has 2 aromatic carbocycles. The van der Waals surface area contributed by atoms with Gasteiger partial charge in [0.1, 0.15) is 11.5 Å². The average molecular weight is 349 g/mol. The molecule has 0 aliphatic heterocycles. The second kappa shape index (κ2) is 6.76. The number of carbonyl (C=O) groups is 1. The van der Waals surface area contributed by atoms with E-state index in [0.29, 0.717) is 11.5 Å². The zero-order valence-electron chi connectivity index (χ0n) is 12.2. The number of halogens is 1. The van der Waals surface area contributed by atoms with E-state index in [1.54, 1.807) is 19.1 Å². The number of aryl methyl sites for hydroxylation is 1. The maximum atomic E-state index is 12.0. The number of hydrogen-bond acceptors (Lipinski definition) is 3. The normalized spacial score (nSPS) is 11.8. The molecule has 2 rings (SSSR count). The first kappa shape index (κ1) is 15.6. The molecule has 0 spiro atoms. The van der Waals surface area contributed by atoms with Crippen LogP contribution in [0.2, 0.25) is 0 Å². The van der Waals surface area contributed by atoms with Gasteiger partial charge in [0, 0.05) is 4.47 Å². The van der Waals surface area contributed by atoms with E-state index in [1.165, 1.54) is 0 Å². The van der Waals surface area contributed by atoms with Gasteiger partial charge in [-0.3, -0.25) is 0 Å². The highest BCUT2D eigenvalue weighted by atomic mass is 79.9. The Labute approximate surface area is 133 Å². The molecule has 0 heterocycles. The van der Waals surface area contributed by atoms with Gasteiger partial charge < -0.3 is 9.47 Å². The predicted molar refractivity (Wildman–Crippen MR) is 85.8 cm³/mol. The minimum absolute atomic E-state index is 0.418. The molecule has 0 aliphatic carbocycles. The van der Waals surface area contributed by atoms with Gasteiger partial charge in [-0.2, -0.15) is 0 Å². The maximum Gasteiger partial charge on any atom is 0.352 e. The molecular weight excluding hydrogens is 332 g/mol. The Hall–Kier alpha value is -1.81. The fourth-order valence-electron chi connectivity index (χ4n) is 1.79. The molecule has 0 saturated carbocycles. The molecular formula is C17H17BrO3. The molecule has 110 valence electrons. The van der Waals surface area contributed by atoms with Crippen molar-refractivity contribution in [2.24, 2.45) is 0 Å². The average Bonchev–Trinajstić information content (AvgIpc) is 2.46. The number of carbonyl (C=O) groups excluding carboxylic acids is 1. The van der Waals surface area contributed by atoms with Gasteiger partial charge in [-0.25, -0.2) is 4.79 Å². The highest BCUT2D eigenvalue weighted by Gasteiger charge is 2.18. The predicted octanol–water partition coefficient (Wildman–Crippen LogP) is 4.44. The van der Waals surface area contributed by atoms with Crippen LogP contribution in [0.4, 0.5) is 0 Å². The Morgan fingerprint density at radius 2 is 1.76 bits per heavy atom. The minimum Gasteiger partial charge on any atom is -0.479 e. The second-order valence-corrected chi connectivity index (χ2v) is 5.75. The molecule has 0 saturated heterocycles. The number of esters is 1. The zero-order valence-corrected chi connectivity index (χ0v) is 13.8. The summed E-state index contributed by atoms with van der Waals surface area (Å²) in [6.45, 7) is 5.66. The highest BCUT2D eigenvalue weighted by Crippen LogP contribution is 2.22. The SMILES string of the molecule is Cc1cccc(O[C@@H](C)C(=O)Oc2ccc(Br)cc2)c1C. The summed E-state index contributed by atoms with van der Waals surface area (Å²) in [5.74, 6) is 0.785. The zero-order chi connectivity index (χ0) is 15.4. The van der Waals surface area contributed by atoms with Gasteiger partial charge >= 0.3 is 5.97 Å². The van der Waals surface area contributed by atoms with Crippen molar-refractivity contribution in [2.75, 3.05) is 0 Å². The first-order valence-electron chi connectivity index (χ1n) is 6.67. The second-order valence-electron chi connectivity index (χ2n) is 4.83. The largest absolute Gasteiger partial charge is 0.479 e. The lowest BCUT2D eigenvalue weighted by atomic mass is 10.1. The quantitative estimate of drug-likeness (QED) is 0.605. The first-order chi connectivity index (χ1) is 9.97. The molecule has 0 aromatic heterocycles. The lowest BCUT2D eigenvalue weighted by Gasteiger charge is -2.16. The Morgan fingerprint density at radius 1 is 1.10 bits per heavy atom. The highest BCUT2D eigenvalue weighted by molar-refractivity contribution is 9.10. The van der Waals surface area contributed by atoms with Gasteiger partial charge in [0.05, 0.1) is 0 Å². The Bertz CT molecular complexity index is 635.